The van der Waals surface area contributed by atoms with Crippen molar-refractivity contribution in [3.63, 3.8) is 0 Å². The van der Waals surface area contributed by atoms with Gasteiger partial charge in [-0.2, -0.15) is 0 Å². The van der Waals surface area contributed by atoms with Crippen molar-refractivity contribution in [1.82, 2.24) is 0 Å². The zero-order chi connectivity index (χ0) is 14.0. The van der Waals surface area contributed by atoms with Crippen molar-refractivity contribution in [1.29, 1.82) is 0 Å². The third-order valence-corrected chi connectivity index (χ3v) is 2.55. The number of carboxylic acids is 3. The van der Waals surface area contributed by atoms with Gasteiger partial charge in [0, 0.05) is 0 Å². The van der Waals surface area contributed by atoms with Crippen molar-refractivity contribution >= 4 is 17.9 Å². The average molecular weight is 250 g/mol. The first kappa shape index (κ1) is 15.3. The molecular weight excluding hydrogens is 236 g/mol. The molecule has 0 unspecified atom stereocenters. The first-order chi connectivity index (χ1) is 7.50. The molecule has 0 aliphatic carbocycles. The molecule has 8 nitrogen and oxygen atoms in total. The SMILES string of the molecule is CC(C)[C@@](O)(C(=O)O)[C@](O)(CC(=O)O)C(=O)O. The van der Waals surface area contributed by atoms with Gasteiger partial charge >= 0.3 is 17.9 Å². The predicted molar refractivity (Wildman–Crippen MR) is 52.3 cm³/mol. The van der Waals surface area contributed by atoms with Gasteiger partial charge in [0.05, 0.1) is 6.42 Å². The largest absolute Gasteiger partial charge is 0.481 e. The summed E-state index contributed by atoms with van der Waals surface area (Å²) in [5.41, 5.74) is -6.41. The van der Waals surface area contributed by atoms with Crippen LogP contribution in [0.2, 0.25) is 0 Å². The summed E-state index contributed by atoms with van der Waals surface area (Å²) in [7, 11) is 0. The van der Waals surface area contributed by atoms with Crippen LogP contribution in [-0.4, -0.2) is 54.6 Å². The second kappa shape index (κ2) is 4.68. The van der Waals surface area contributed by atoms with Crippen molar-refractivity contribution in [2.75, 3.05) is 0 Å². The number of aliphatic carboxylic acids is 3. The van der Waals surface area contributed by atoms with Crippen molar-refractivity contribution in [3.8, 4) is 0 Å². The van der Waals surface area contributed by atoms with Crippen molar-refractivity contribution < 1.29 is 39.9 Å². The van der Waals surface area contributed by atoms with E-state index in [4.69, 9.17) is 15.3 Å². The number of hydrogen-bond acceptors (Lipinski definition) is 5. The van der Waals surface area contributed by atoms with Crippen LogP contribution in [-0.2, 0) is 14.4 Å². The maximum atomic E-state index is 10.9. The van der Waals surface area contributed by atoms with Gasteiger partial charge < -0.3 is 25.5 Å². The standard InChI is InChI=1S/C9H14O8/c1-4(2)9(17,7(14)15)8(16,6(12)13)3-5(10)11/h4,16-17H,3H2,1-2H3,(H,10,11)(H,12,13)(H,14,15)/t8-,9+/m0/s1. The number of carboxylic acid groups (broad SMARTS) is 3. The monoisotopic (exact) mass is 250 g/mol. The average Bonchev–Trinajstić information content (AvgIpc) is 2.13. The van der Waals surface area contributed by atoms with Crippen LogP contribution in [0, 0.1) is 5.92 Å². The topological polar surface area (TPSA) is 152 Å². The van der Waals surface area contributed by atoms with Crippen LogP contribution in [0.4, 0.5) is 0 Å². The van der Waals surface area contributed by atoms with Crippen LogP contribution in [0.25, 0.3) is 0 Å². The van der Waals surface area contributed by atoms with Gasteiger partial charge in [-0.15, -0.1) is 0 Å². The number of rotatable bonds is 6. The summed E-state index contributed by atoms with van der Waals surface area (Å²) >= 11 is 0. The Hall–Kier alpha value is -1.67. The Bertz CT molecular complexity index is 349. The zero-order valence-corrected chi connectivity index (χ0v) is 9.25. The minimum atomic E-state index is -3.31. The fourth-order valence-electron chi connectivity index (χ4n) is 1.49. The lowest BCUT2D eigenvalue weighted by molar-refractivity contribution is -0.219. The molecule has 0 spiro atoms. The van der Waals surface area contributed by atoms with E-state index in [1.165, 1.54) is 0 Å². The Kier molecular flexibility index (Phi) is 4.22. The molecule has 17 heavy (non-hydrogen) atoms. The third-order valence-electron chi connectivity index (χ3n) is 2.55. The Balaban J connectivity index is 5.80. The molecule has 2 atom stereocenters. The molecule has 98 valence electrons. The molecule has 0 heterocycles. The lowest BCUT2D eigenvalue weighted by atomic mass is 9.73. The molecule has 5 N–H and O–H groups in total. The zero-order valence-electron chi connectivity index (χ0n) is 9.25. The fraction of sp³-hybridized carbons (Fsp3) is 0.667. The molecule has 0 rings (SSSR count). The Morgan fingerprint density at radius 1 is 1.00 bits per heavy atom. The van der Waals surface area contributed by atoms with Crippen molar-refractivity contribution in [3.05, 3.63) is 0 Å². The van der Waals surface area contributed by atoms with Gasteiger partial charge in [0.1, 0.15) is 0 Å². The second-order valence-corrected chi connectivity index (χ2v) is 3.96. The predicted octanol–water partition coefficient (Wildman–Crippen LogP) is -1.25. The number of carbonyl (C=O) groups is 3. The minimum Gasteiger partial charge on any atom is -0.481 e. The van der Waals surface area contributed by atoms with Crippen LogP contribution in [0.3, 0.4) is 0 Å². The summed E-state index contributed by atoms with van der Waals surface area (Å²) in [5, 5.41) is 45.6. The van der Waals surface area contributed by atoms with Gasteiger partial charge in [-0.1, -0.05) is 13.8 Å². The quantitative estimate of drug-likeness (QED) is 0.392. The highest BCUT2D eigenvalue weighted by atomic mass is 16.5. The van der Waals surface area contributed by atoms with Gasteiger partial charge in [-0.25, -0.2) is 9.59 Å². The van der Waals surface area contributed by atoms with E-state index in [2.05, 4.69) is 0 Å². The molecular formula is C9H14O8. The Morgan fingerprint density at radius 2 is 1.41 bits per heavy atom. The van der Waals surface area contributed by atoms with Crippen LogP contribution in [0.15, 0.2) is 0 Å². The summed E-state index contributed by atoms with van der Waals surface area (Å²) < 4.78 is 0. The maximum absolute atomic E-state index is 10.9. The summed E-state index contributed by atoms with van der Waals surface area (Å²) in [6, 6.07) is 0. The summed E-state index contributed by atoms with van der Waals surface area (Å²) in [5.74, 6) is -7.06. The summed E-state index contributed by atoms with van der Waals surface area (Å²) in [6.45, 7) is 2.31. The molecule has 0 radical (unpaired) electrons. The molecule has 0 aromatic heterocycles. The van der Waals surface area contributed by atoms with Crippen LogP contribution < -0.4 is 0 Å². The molecule has 8 heteroatoms. The molecule has 0 fully saturated rings. The summed E-state index contributed by atoms with van der Waals surface area (Å²) in [4.78, 5) is 32.3. The first-order valence-corrected chi connectivity index (χ1v) is 4.63. The van der Waals surface area contributed by atoms with Crippen molar-refractivity contribution in [2.45, 2.75) is 31.5 Å². The lowest BCUT2D eigenvalue weighted by Crippen LogP contribution is -2.67. The maximum Gasteiger partial charge on any atom is 0.340 e. The van der Waals surface area contributed by atoms with E-state index in [-0.39, 0.29) is 0 Å². The number of hydrogen-bond donors (Lipinski definition) is 5. The van der Waals surface area contributed by atoms with E-state index in [1.807, 2.05) is 0 Å². The Labute approximate surface area is 96.1 Å². The second-order valence-electron chi connectivity index (χ2n) is 3.96. The highest BCUT2D eigenvalue weighted by Crippen LogP contribution is 2.33. The molecule has 0 amide bonds. The van der Waals surface area contributed by atoms with Gasteiger partial charge in [0.2, 0.25) is 11.2 Å². The first-order valence-electron chi connectivity index (χ1n) is 4.63. The van der Waals surface area contributed by atoms with Gasteiger partial charge in [0.15, 0.2) is 0 Å². The molecule has 0 bridgehead atoms. The molecule has 0 saturated carbocycles. The molecule has 0 aromatic rings. The lowest BCUT2D eigenvalue weighted by Gasteiger charge is -2.38. The number of aliphatic hydroxyl groups is 2. The molecule has 0 aliphatic heterocycles. The van der Waals surface area contributed by atoms with Crippen LogP contribution in [0.1, 0.15) is 20.3 Å². The van der Waals surface area contributed by atoms with E-state index in [0.717, 1.165) is 13.8 Å². The molecule has 0 saturated heterocycles. The molecule has 0 aliphatic rings. The fourth-order valence-corrected chi connectivity index (χ4v) is 1.49. The minimum absolute atomic E-state index is 1.16. The smallest absolute Gasteiger partial charge is 0.340 e. The van der Waals surface area contributed by atoms with E-state index >= 15 is 0 Å². The van der Waals surface area contributed by atoms with E-state index in [0.29, 0.717) is 0 Å². The van der Waals surface area contributed by atoms with Crippen LogP contribution >= 0.6 is 0 Å². The highest BCUT2D eigenvalue weighted by Gasteiger charge is 2.63. The van der Waals surface area contributed by atoms with Gasteiger partial charge in [-0.3, -0.25) is 4.79 Å². The van der Waals surface area contributed by atoms with Gasteiger partial charge in [-0.05, 0) is 5.92 Å². The summed E-state index contributed by atoms with van der Waals surface area (Å²) in [6.07, 6.45) is -1.43. The Morgan fingerprint density at radius 3 is 1.59 bits per heavy atom. The van der Waals surface area contributed by atoms with E-state index in [1.54, 1.807) is 0 Å². The third kappa shape index (κ3) is 2.37. The van der Waals surface area contributed by atoms with E-state index < -0.39 is 41.4 Å². The normalized spacial score (nSPS) is 18.2. The van der Waals surface area contributed by atoms with E-state index in [9.17, 15) is 24.6 Å². The van der Waals surface area contributed by atoms with Crippen molar-refractivity contribution in [2.24, 2.45) is 5.92 Å². The highest BCUT2D eigenvalue weighted by molar-refractivity contribution is 5.94. The molecule has 0 aromatic carbocycles. The van der Waals surface area contributed by atoms with Gasteiger partial charge in [0.25, 0.3) is 0 Å². The van der Waals surface area contributed by atoms with Crippen LogP contribution in [0.5, 0.6) is 0 Å².